The highest BCUT2D eigenvalue weighted by atomic mass is 35.5. The molecule has 1 unspecified atom stereocenters. The third-order valence-corrected chi connectivity index (χ3v) is 6.78. The quantitative estimate of drug-likeness (QED) is 0.272. The van der Waals surface area contributed by atoms with Crippen molar-refractivity contribution in [2.45, 2.75) is 81.4 Å². The Kier molecular flexibility index (Phi) is 7.37. The van der Waals surface area contributed by atoms with E-state index in [0.29, 0.717) is 11.2 Å². The Bertz CT molecular complexity index is 799. The maximum Gasteiger partial charge on any atom is 0.222 e. The van der Waals surface area contributed by atoms with Gasteiger partial charge in [0.25, 0.3) is 0 Å². The molecule has 1 aliphatic rings. The van der Waals surface area contributed by atoms with Crippen molar-refractivity contribution in [2.24, 2.45) is 0 Å². The van der Waals surface area contributed by atoms with Gasteiger partial charge in [0.15, 0.2) is 0 Å². The van der Waals surface area contributed by atoms with E-state index in [1.54, 1.807) is 11.8 Å². The lowest BCUT2D eigenvalue weighted by atomic mass is 9.83. The Morgan fingerprint density at radius 2 is 1.93 bits per heavy atom. The van der Waals surface area contributed by atoms with Crippen LogP contribution in [0.1, 0.15) is 75.0 Å². The molecule has 0 bridgehead atoms. The first-order valence-corrected chi connectivity index (χ1v) is 11.2. The normalized spacial score (nSPS) is 17.0. The van der Waals surface area contributed by atoms with Crippen LogP contribution in [-0.4, -0.2) is 9.97 Å². The van der Waals surface area contributed by atoms with Crippen molar-refractivity contribution in [1.29, 1.82) is 0 Å². The average Bonchev–Trinajstić information content (AvgIpc) is 2.66. The number of hydrogen-bond acceptors (Lipinski definition) is 3. The van der Waals surface area contributed by atoms with E-state index in [1.165, 1.54) is 65.7 Å². The maximum atomic E-state index is 5.86. The second kappa shape index (κ2) is 9.75. The molecule has 144 valence electrons. The van der Waals surface area contributed by atoms with Gasteiger partial charge in [-0.2, -0.15) is 0 Å². The summed E-state index contributed by atoms with van der Waals surface area (Å²) in [7, 11) is 0. The molecule has 0 radical (unpaired) electrons. The molecule has 0 spiro atoms. The van der Waals surface area contributed by atoms with Crippen LogP contribution < -0.4 is 0 Å². The molecule has 2 aromatic rings. The van der Waals surface area contributed by atoms with Crippen molar-refractivity contribution in [3.8, 4) is 0 Å². The number of halogens is 1. The average molecular weight is 401 g/mol. The second-order valence-electron chi connectivity index (χ2n) is 7.53. The summed E-state index contributed by atoms with van der Waals surface area (Å²) in [6.07, 6.45) is 14.8. The highest BCUT2D eigenvalue weighted by molar-refractivity contribution is 7.99. The van der Waals surface area contributed by atoms with Gasteiger partial charge in [0.1, 0.15) is 0 Å². The number of rotatable bonds is 7. The topological polar surface area (TPSA) is 25.8 Å². The van der Waals surface area contributed by atoms with Crippen molar-refractivity contribution in [3.05, 3.63) is 58.1 Å². The van der Waals surface area contributed by atoms with Gasteiger partial charge in [-0.25, -0.2) is 9.97 Å². The van der Waals surface area contributed by atoms with Crippen molar-refractivity contribution >= 4 is 23.4 Å². The molecule has 27 heavy (non-hydrogen) atoms. The molecule has 4 heteroatoms. The molecule has 3 rings (SSSR count). The van der Waals surface area contributed by atoms with Gasteiger partial charge in [-0.05, 0) is 74.2 Å². The Balaban J connectivity index is 1.95. The highest BCUT2D eigenvalue weighted by Gasteiger charge is 2.19. The van der Waals surface area contributed by atoms with Gasteiger partial charge in [-0.15, -0.1) is 0 Å². The van der Waals surface area contributed by atoms with E-state index in [2.05, 4.69) is 48.9 Å². The van der Waals surface area contributed by atoms with Gasteiger partial charge < -0.3 is 0 Å². The molecule has 0 amide bonds. The van der Waals surface area contributed by atoms with Crippen molar-refractivity contribution in [2.75, 3.05) is 0 Å². The van der Waals surface area contributed by atoms with E-state index >= 15 is 0 Å². The van der Waals surface area contributed by atoms with Crippen LogP contribution in [0.2, 0.25) is 5.28 Å². The molecule has 1 atom stereocenters. The van der Waals surface area contributed by atoms with Gasteiger partial charge in [0.2, 0.25) is 5.28 Å². The Hall–Kier alpha value is -1.32. The largest absolute Gasteiger partial charge is 0.225 e. The zero-order valence-corrected chi connectivity index (χ0v) is 18.2. The Morgan fingerprint density at radius 1 is 1.15 bits per heavy atom. The minimum atomic E-state index is 0.302. The summed E-state index contributed by atoms with van der Waals surface area (Å²) >= 11 is 7.65. The van der Waals surface area contributed by atoms with Crippen LogP contribution in [0.25, 0.3) is 0 Å². The van der Waals surface area contributed by atoms with Crippen LogP contribution in [0.5, 0.6) is 0 Å². The number of aryl methyl sites for hydroxylation is 1. The van der Waals surface area contributed by atoms with Crippen molar-refractivity contribution < 1.29 is 0 Å². The summed E-state index contributed by atoms with van der Waals surface area (Å²) < 4.78 is 0. The van der Waals surface area contributed by atoms with Crippen LogP contribution in [0.15, 0.2) is 46.0 Å². The van der Waals surface area contributed by atoms with Crippen LogP contribution in [0.4, 0.5) is 0 Å². The number of aromatic nitrogens is 2. The van der Waals surface area contributed by atoms with E-state index < -0.39 is 0 Å². The molecule has 1 heterocycles. The summed E-state index contributed by atoms with van der Waals surface area (Å²) in [6, 6.07) is 4.73. The molecule has 0 saturated heterocycles. The summed E-state index contributed by atoms with van der Waals surface area (Å²) in [5.74, 6) is 0.546. The maximum absolute atomic E-state index is 5.86. The third-order valence-electron chi connectivity index (χ3n) is 5.37. The Morgan fingerprint density at radius 3 is 2.63 bits per heavy atom. The van der Waals surface area contributed by atoms with Crippen molar-refractivity contribution in [1.82, 2.24) is 9.97 Å². The van der Waals surface area contributed by atoms with Gasteiger partial charge in [0.05, 0.1) is 0 Å². The molecule has 0 N–H and O–H groups in total. The number of nitrogens with zero attached hydrogens (tertiary/aromatic N) is 2. The lowest BCUT2D eigenvalue weighted by Gasteiger charge is -2.24. The fraction of sp³-hybridized carbons (Fsp3) is 0.478. The molecule has 0 saturated carbocycles. The summed E-state index contributed by atoms with van der Waals surface area (Å²) in [6.45, 7) is 6.81. The molecule has 1 aromatic heterocycles. The summed E-state index contributed by atoms with van der Waals surface area (Å²) in [4.78, 5) is 10.7. The number of allylic oxidation sites excluding steroid dienone is 2. The molecule has 0 aliphatic heterocycles. The highest BCUT2D eigenvalue weighted by Crippen LogP contribution is 2.40. The first-order valence-electron chi connectivity index (χ1n) is 10.0. The van der Waals surface area contributed by atoms with Crippen LogP contribution in [-0.2, 0) is 6.42 Å². The minimum absolute atomic E-state index is 0.302. The predicted octanol–water partition coefficient (Wildman–Crippen LogP) is 7.54. The summed E-state index contributed by atoms with van der Waals surface area (Å²) in [5.41, 5.74) is 5.87. The van der Waals surface area contributed by atoms with Crippen LogP contribution >= 0.6 is 23.4 Å². The molecule has 2 nitrogen and oxygen atoms in total. The van der Waals surface area contributed by atoms with E-state index in [0.717, 1.165) is 11.3 Å². The van der Waals surface area contributed by atoms with E-state index in [1.807, 2.05) is 12.4 Å². The van der Waals surface area contributed by atoms with Gasteiger partial charge in [-0.1, -0.05) is 55.3 Å². The molecule has 1 aromatic carbocycles. The molecular formula is C23H29ClN2S. The first kappa shape index (κ1) is 20.4. The standard InChI is InChI=1S/C23H29ClN2S/c1-4-5-6-9-18-11-12-21(19-10-7-8-16(2)13-19)17(3)22(18)27-20-14-25-23(24)26-15-20/h11-15,19H,4-10H2,1-3H3. The monoisotopic (exact) mass is 400 g/mol. The predicted molar refractivity (Wildman–Crippen MR) is 116 cm³/mol. The number of hydrogen-bond donors (Lipinski definition) is 0. The first-order chi connectivity index (χ1) is 13.1. The van der Waals surface area contributed by atoms with Gasteiger partial charge in [0, 0.05) is 28.1 Å². The van der Waals surface area contributed by atoms with Gasteiger partial charge in [-0.3, -0.25) is 0 Å². The van der Waals surface area contributed by atoms with E-state index in [-0.39, 0.29) is 0 Å². The SMILES string of the molecule is CCCCCc1ccc(C2C=C(C)CCC2)c(C)c1Sc1cnc(Cl)nc1. The fourth-order valence-electron chi connectivity index (χ4n) is 3.90. The minimum Gasteiger partial charge on any atom is -0.225 e. The number of unbranched alkanes of at least 4 members (excludes halogenated alkanes) is 2. The Labute approximate surface area is 172 Å². The summed E-state index contributed by atoms with van der Waals surface area (Å²) in [5, 5.41) is 0.302. The van der Waals surface area contributed by atoms with E-state index in [4.69, 9.17) is 11.6 Å². The van der Waals surface area contributed by atoms with Crippen LogP contribution in [0, 0.1) is 6.92 Å². The molecular weight excluding hydrogens is 372 g/mol. The second-order valence-corrected chi connectivity index (χ2v) is 8.95. The third kappa shape index (κ3) is 5.36. The van der Waals surface area contributed by atoms with Crippen molar-refractivity contribution in [3.63, 3.8) is 0 Å². The van der Waals surface area contributed by atoms with Gasteiger partial charge >= 0.3 is 0 Å². The lowest BCUT2D eigenvalue weighted by molar-refractivity contribution is 0.629. The molecule has 0 fully saturated rings. The number of benzene rings is 1. The van der Waals surface area contributed by atoms with Crippen LogP contribution in [0.3, 0.4) is 0 Å². The zero-order chi connectivity index (χ0) is 19.2. The zero-order valence-electron chi connectivity index (χ0n) is 16.6. The van der Waals surface area contributed by atoms with E-state index in [9.17, 15) is 0 Å². The lowest BCUT2D eigenvalue weighted by Crippen LogP contribution is -2.06. The smallest absolute Gasteiger partial charge is 0.222 e. The molecule has 1 aliphatic carbocycles. The fourth-order valence-corrected chi connectivity index (χ4v) is 5.01.